The van der Waals surface area contributed by atoms with Gasteiger partial charge in [-0.1, -0.05) is 0 Å². The van der Waals surface area contributed by atoms with Crippen LogP contribution in [0.1, 0.15) is 27.9 Å². The van der Waals surface area contributed by atoms with Gasteiger partial charge in [-0.05, 0) is 24.1 Å². The monoisotopic (exact) mass is 506 g/mol. The standard InChI is InChI=1S/C24H26F4N6O2/c25-16-10-33(11-16)8-13-3-20-22(32-6-13)21(23(30)36-20)19(35)4-14-7-31-2-1-18(14)34-9-15(24(26,27)28)5-17(29)12-34/h1-3,6-7,15-17H,4-5,8-12,29-30H2/t15-,17+/m1/s1. The smallest absolute Gasteiger partial charge is 0.393 e. The van der Waals surface area contributed by atoms with Crippen molar-refractivity contribution in [2.75, 3.05) is 36.8 Å². The van der Waals surface area contributed by atoms with Gasteiger partial charge in [0.05, 0.1) is 5.92 Å². The van der Waals surface area contributed by atoms with Crippen LogP contribution in [0.4, 0.5) is 29.1 Å². The first-order valence-corrected chi connectivity index (χ1v) is 11.6. The van der Waals surface area contributed by atoms with Gasteiger partial charge in [0.1, 0.15) is 17.3 Å². The first kappa shape index (κ1) is 24.4. The Bertz CT molecular complexity index is 1270. The number of carbonyl (C=O) groups is 1. The summed E-state index contributed by atoms with van der Waals surface area (Å²) in [6.45, 7) is 1.22. The lowest BCUT2D eigenvalue weighted by atomic mass is 9.93. The van der Waals surface area contributed by atoms with Crippen molar-refractivity contribution in [3.63, 3.8) is 0 Å². The Kier molecular flexibility index (Phi) is 6.33. The molecule has 0 spiro atoms. The Labute approximate surface area is 204 Å². The second-order valence-electron chi connectivity index (χ2n) is 9.57. The SMILES string of the molecule is Nc1oc2cc(CN3CC(F)C3)cnc2c1C(=O)Cc1cnccc1N1C[C@@H](N)C[C@@H](C(F)(F)F)C1. The maximum Gasteiger partial charge on any atom is 0.393 e. The Morgan fingerprint density at radius 1 is 1.19 bits per heavy atom. The predicted molar refractivity (Wildman–Crippen MR) is 125 cm³/mol. The van der Waals surface area contributed by atoms with Crippen molar-refractivity contribution in [3.8, 4) is 0 Å². The second kappa shape index (κ2) is 9.32. The van der Waals surface area contributed by atoms with Gasteiger partial charge in [-0.25, -0.2) is 4.39 Å². The number of piperidine rings is 1. The van der Waals surface area contributed by atoms with Crippen molar-refractivity contribution in [2.24, 2.45) is 11.7 Å². The molecule has 0 aromatic carbocycles. The Morgan fingerprint density at radius 2 is 1.97 bits per heavy atom. The fraction of sp³-hybridized carbons (Fsp3) is 0.458. The van der Waals surface area contributed by atoms with Crippen LogP contribution in [-0.4, -0.2) is 65.2 Å². The van der Waals surface area contributed by atoms with E-state index in [2.05, 4.69) is 9.97 Å². The molecule has 0 radical (unpaired) electrons. The molecule has 3 aromatic heterocycles. The fourth-order valence-corrected chi connectivity index (χ4v) is 4.98. The van der Waals surface area contributed by atoms with Crippen LogP contribution < -0.4 is 16.4 Å². The van der Waals surface area contributed by atoms with E-state index in [4.69, 9.17) is 15.9 Å². The Hall–Kier alpha value is -3.25. The third-order valence-electron chi connectivity index (χ3n) is 6.73. The van der Waals surface area contributed by atoms with Crippen molar-refractivity contribution in [1.82, 2.24) is 14.9 Å². The van der Waals surface area contributed by atoms with E-state index in [9.17, 15) is 22.4 Å². The zero-order valence-electron chi connectivity index (χ0n) is 19.3. The summed E-state index contributed by atoms with van der Waals surface area (Å²) in [5.74, 6) is -2.04. The number of aromatic nitrogens is 2. The average molecular weight is 507 g/mol. The third kappa shape index (κ3) is 4.87. The highest BCUT2D eigenvalue weighted by molar-refractivity contribution is 6.10. The lowest BCUT2D eigenvalue weighted by Crippen LogP contribution is -2.51. The molecule has 2 fully saturated rings. The maximum absolute atomic E-state index is 13.4. The number of fused-ring (bicyclic) bond motifs is 1. The minimum Gasteiger partial charge on any atom is -0.438 e. The molecule has 0 saturated carbocycles. The number of furan rings is 1. The van der Waals surface area contributed by atoms with Crippen LogP contribution in [0.5, 0.6) is 0 Å². The number of rotatable bonds is 6. The number of hydrogen-bond donors (Lipinski definition) is 2. The Balaban J connectivity index is 1.38. The number of alkyl halides is 4. The van der Waals surface area contributed by atoms with Crippen LogP contribution in [0.2, 0.25) is 0 Å². The summed E-state index contributed by atoms with van der Waals surface area (Å²) in [6, 6.07) is 2.66. The van der Waals surface area contributed by atoms with Gasteiger partial charge in [0.2, 0.25) is 5.88 Å². The number of carbonyl (C=O) groups excluding carboxylic acids is 1. The van der Waals surface area contributed by atoms with Crippen LogP contribution in [0.15, 0.2) is 35.1 Å². The summed E-state index contributed by atoms with van der Waals surface area (Å²) in [6.07, 6.45) is -0.942. The maximum atomic E-state index is 13.4. The summed E-state index contributed by atoms with van der Waals surface area (Å²) in [4.78, 5) is 25.2. The number of ketones is 1. The molecule has 2 aliphatic heterocycles. The summed E-state index contributed by atoms with van der Waals surface area (Å²) < 4.78 is 59.0. The molecule has 2 aliphatic rings. The molecule has 2 atom stereocenters. The molecule has 12 heteroatoms. The van der Waals surface area contributed by atoms with Gasteiger partial charge < -0.3 is 20.8 Å². The van der Waals surface area contributed by atoms with E-state index in [0.717, 1.165) is 5.56 Å². The zero-order chi connectivity index (χ0) is 25.6. The van der Waals surface area contributed by atoms with E-state index in [1.807, 2.05) is 4.90 Å². The molecular formula is C24H26F4N6O2. The van der Waals surface area contributed by atoms with E-state index < -0.39 is 30.1 Å². The molecule has 0 aliphatic carbocycles. The summed E-state index contributed by atoms with van der Waals surface area (Å²) in [7, 11) is 0. The first-order chi connectivity index (χ1) is 17.1. The van der Waals surface area contributed by atoms with Gasteiger partial charge in [-0.15, -0.1) is 0 Å². The van der Waals surface area contributed by atoms with Crippen LogP contribution in [0, 0.1) is 5.92 Å². The number of halogens is 4. The lowest BCUT2D eigenvalue weighted by Gasteiger charge is -2.39. The number of likely N-dealkylation sites (tertiary alicyclic amines) is 1. The topological polar surface area (TPSA) is 115 Å². The summed E-state index contributed by atoms with van der Waals surface area (Å²) >= 11 is 0. The van der Waals surface area contributed by atoms with Gasteiger partial charge >= 0.3 is 6.18 Å². The molecule has 8 nitrogen and oxygen atoms in total. The molecule has 5 heterocycles. The van der Waals surface area contributed by atoms with Crippen LogP contribution >= 0.6 is 0 Å². The molecule has 5 rings (SSSR count). The van der Waals surface area contributed by atoms with Crippen LogP contribution in [0.25, 0.3) is 11.1 Å². The summed E-state index contributed by atoms with van der Waals surface area (Å²) in [5, 5.41) is 0. The normalized spacial score (nSPS) is 21.6. The number of anilines is 2. The van der Waals surface area contributed by atoms with E-state index >= 15 is 0 Å². The summed E-state index contributed by atoms with van der Waals surface area (Å²) in [5.41, 5.74) is 14.5. The van der Waals surface area contributed by atoms with E-state index in [0.29, 0.717) is 42.0 Å². The molecule has 0 unspecified atom stereocenters. The fourth-order valence-electron chi connectivity index (χ4n) is 4.98. The van der Waals surface area contributed by atoms with E-state index in [1.165, 1.54) is 12.4 Å². The first-order valence-electron chi connectivity index (χ1n) is 11.6. The quantitative estimate of drug-likeness (QED) is 0.387. The van der Waals surface area contributed by atoms with Crippen molar-refractivity contribution in [1.29, 1.82) is 0 Å². The number of nitrogens with zero attached hydrogens (tertiary/aromatic N) is 4. The van der Waals surface area contributed by atoms with Gasteiger partial charge in [0.25, 0.3) is 0 Å². The molecular weight excluding hydrogens is 480 g/mol. The second-order valence-corrected chi connectivity index (χ2v) is 9.57. The van der Waals surface area contributed by atoms with Crippen molar-refractivity contribution >= 4 is 28.5 Å². The number of pyridine rings is 2. The average Bonchev–Trinajstić information content (AvgIpc) is 3.12. The lowest BCUT2D eigenvalue weighted by molar-refractivity contribution is -0.177. The molecule has 2 saturated heterocycles. The molecule has 192 valence electrons. The van der Waals surface area contributed by atoms with E-state index in [1.54, 1.807) is 23.2 Å². The molecule has 0 bridgehead atoms. The number of nitrogen functional groups attached to an aromatic ring is 1. The predicted octanol–water partition coefficient (Wildman–Crippen LogP) is 3.10. The van der Waals surface area contributed by atoms with Gasteiger partial charge in [-0.2, -0.15) is 13.2 Å². The number of nitrogens with two attached hydrogens (primary N) is 2. The number of hydrogen-bond acceptors (Lipinski definition) is 8. The molecule has 4 N–H and O–H groups in total. The highest BCUT2D eigenvalue weighted by Gasteiger charge is 2.44. The highest BCUT2D eigenvalue weighted by Crippen LogP contribution is 2.36. The largest absolute Gasteiger partial charge is 0.438 e. The van der Waals surface area contributed by atoms with Gasteiger partial charge in [0, 0.05) is 75.0 Å². The van der Waals surface area contributed by atoms with Crippen molar-refractivity contribution in [2.45, 2.75) is 37.8 Å². The number of Topliss-reactive ketones (excluding diaryl/α,β-unsaturated/α-hetero) is 1. The Morgan fingerprint density at radius 3 is 2.69 bits per heavy atom. The van der Waals surface area contributed by atoms with E-state index in [-0.39, 0.29) is 37.4 Å². The minimum atomic E-state index is -4.36. The van der Waals surface area contributed by atoms with Crippen molar-refractivity contribution < 1.29 is 26.8 Å². The molecule has 0 amide bonds. The van der Waals surface area contributed by atoms with Crippen LogP contribution in [0.3, 0.4) is 0 Å². The van der Waals surface area contributed by atoms with Crippen molar-refractivity contribution in [3.05, 3.63) is 47.4 Å². The minimum absolute atomic E-state index is 0.0880. The van der Waals surface area contributed by atoms with Gasteiger partial charge in [0.15, 0.2) is 11.4 Å². The third-order valence-corrected chi connectivity index (χ3v) is 6.73. The zero-order valence-corrected chi connectivity index (χ0v) is 19.3. The van der Waals surface area contributed by atoms with Crippen LogP contribution in [-0.2, 0) is 13.0 Å². The highest BCUT2D eigenvalue weighted by atomic mass is 19.4. The molecule has 3 aromatic rings. The van der Waals surface area contributed by atoms with Gasteiger partial charge in [-0.3, -0.25) is 19.7 Å². The molecule has 36 heavy (non-hydrogen) atoms.